The second kappa shape index (κ2) is 5.65. The third kappa shape index (κ3) is 2.60. The van der Waals surface area contributed by atoms with E-state index < -0.39 is 0 Å². The van der Waals surface area contributed by atoms with Gasteiger partial charge in [-0.25, -0.2) is 5.10 Å². The lowest BCUT2D eigenvalue weighted by Crippen LogP contribution is -2.14. The summed E-state index contributed by atoms with van der Waals surface area (Å²) in [5.74, 6) is -0.0640. The minimum absolute atomic E-state index is 0.278. The summed E-state index contributed by atoms with van der Waals surface area (Å²) < 4.78 is 2.06. The van der Waals surface area contributed by atoms with Gasteiger partial charge in [-0.1, -0.05) is 11.6 Å². The Morgan fingerprint density at radius 1 is 1.23 bits per heavy atom. The van der Waals surface area contributed by atoms with Gasteiger partial charge in [-0.05, 0) is 44.2 Å². The summed E-state index contributed by atoms with van der Waals surface area (Å²) in [5.41, 5.74) is 3.43. The first kappa shape index (κ1) is 14.3. The Balaban J connectivity index is 1.98. The highest BCUT2D eigenvalue weighted by Gasteiger charge is 2.14. The molecule has 0 radical (unpaired) electrons. The third-order valence-corrected chi connectivity index (χ3v) is 3.70. The molecule has 6 nitrogen and oxygen atoms in total. The Hall–Kier alpha value is -2.60. The van der Waals surface area contributed by atoms with E-state index >= 15 is 0 Å². The fourth-order valence-electron chi connectivity index (χ4n) is 2.34. The number of nitrogens with zero attached hydrogens (tertiary/aromatic N) is 3. The standard InChI is InChI=1S/C15H14ClN5O/c1-9-3-4-10(2)21(9)11-5-6-13(16)12(7-11)14(22)19-15-17-8-18-20-15/h3-8H,1-2H3,(H2,17,18,19,20,22). The second-order valence-electron chi connectivity index (χ2n) is 4.90. The van der Waals surface area contributed by atoms with Crippen molar-refractivity contribution < 1.29 is 4.79 Å². The first-order valence-corrected chi connectivity index (χ1v) is 7.05. The highest BCUT2D eigenvalue weighted by molar-refractivity contribution is 6.34. The zero-order valence-electron chi connectivity index (χ0n) is 12.1. The molecular weight excluding hydrogens is 302 g/mol. The van der Waals surface area contributed by atoms with Gasteiger partial charge in [-0.2, -0.15) is 10.1 Å². The van der Waals surface area contributed by atoms with E-state index in [1.165, 1.54) is 6.33 Å². The third-order valence-electron chi connectivity index (χ3n) is 3.37. The average Bonchev–Trinajstić information content (AvgIpc) is 3.10. The molecular formula is C15H14ClN5O. The number of rotatable bonds is 3. The molecule has 0 unspecified atom stereocenters. The molecule has 3 aromatic rings. The Labute approximate surface area is 132 Å². The van der Waals surface area contributed by atoms with Crippen LogP contribution in [0.25, 0.3) is 5.69 Å². The second-order valence-corrected chi connectivity index (χ2v) is 5.31. The number of amides is 1. The molecule has 0 bridgehead atoms. The Morgan fingerprint density at radius 3 is 2.59 bits per heavy atom. The lowest BCUT2D eigenvalue weighted by atomic mass is 10.1. The number of halogens is 1. The maximum absolute atomic E-state index is 12.3. The summed E-state index contributed by atoms with van der Waals surface area (Å²) >= 11 is 6.16. The molecule has 2 N–H and O–H groups in total. The number of aromatic amines is 1. The molecule has 0 fully saturated rings. The Kier molecular flexibility index (Phi) is 3.68. The molecule has 1 amide bonds. The number of anilines is 1. The van der Waals surface area contributed by atoms with E-state index in [9.17, 15) is 4.79 Å². The summed E-state index contributed by atoms with van der Waals surface area (Å²) in [6, 6.07) is 9.41. The zero-order valence-corrected chi connectivity index (χ0v) is 12.8. The number of aryl methyl sites for hydroxylation is 2. The predicted molar refractivity (Wildman–Crippen MR) is 84.6 cm³/mol. The number of nitrogens with one attached hydrogen (secondary N) is 2. The van der Waals surface area contributed by atoms with E-state index in [1.807, 2.05) is 32.0 Å². The minimum Gasteiger partial charge on any atom is -0.318 e. The van der Waals surface area contributed by atoms with Gasteiger partial charge in [0.2, 0.25) is 5.95 Å². The van der Waals surface area contributed by atoms with E-state index in [0.29, 0.717) is 10.6 Å². The van der Waals surface area contributed by atoms with Gasteiger partial charge in [0.15, 0.2) is 0 Å². The number of carbonyl (C=O) groups is 1. The average molecular weight is 316 g/mol. The molecule has 3 rings (SSSR count). The van der Waals surface area contributed by atoms with Gasteiger partial charge in [-0.3, -0.25) is 10.1 Å². The number of carbonyl (C=O) groups excluding carboxylic acids is 1. The highest BCUT2D eigenvalue weighted by Crippen LogP contribution is 2.23. The SMILES string of the molecule is Cc1ccc(C)n1-c1ccc(Cl)c(C(=O)Nc2ncn[nH]2)c1. The number of hydrogen-bond donors (Lipinski definition) is 2. The Bertz CT molecular complexity index is 803. The highest BCUT2D eigenvalue weighted by atomic mass is 35.5. The fraction of sp³-hybridized carbons (Fsp3) is 0.133. The van der Waals surface area contributed by atoms with Crippen molar-refractivity contribution in [3.63, 3.8) is 0 Å². The van der Waals surface area contributed by atoms with E-state index in [-0.39, 0.29) is 11.9 Å². The van der Waals surface area contributed by atoms with Crippen LogP contribution in [0.15, 0.2) is 36.7 Å². The van der Waals surface area contributed by atoms with Crippen LogP contribution < -0.4 is 5.32 Å². The first-order valence-electron chi connectivity index (χ1n) is 6.68. The zero-order chi connectivity index (χ0) is 15.7. The van der Waals surface area contributed by atoms with Crippen molar-refractivity contribution in [2.24, 2.45) is 0 Å². The van der Waals surface area contributed by atoms with Gasteiger partial charge in [0.05, 0.1) is 10.6 Å². The normalized spacial score (nSPS) is 10.7. The van der Waals surface area contributed by atoms with Crippen LogP contribution >= 0.6 is 11.6 Å². The monoisotopic (exact) mass is 315 g/mol. The molecule has 2 heterocycles. The number of hydrogen-bond acceptors (Lipinski definition) is 3. The van der Waals surface area contributed by atoms with Crippen LogP contribution in [0.5, 0.6) is 0 Å². The molecule has 0 aliphatic heterocycles. The van der Waals surface area contributed by atoms with Crippen molar-refractivity contribution in [2.75, 3.05) is 5.32 Å². The van der Waals surface area contributed by atoms with Gasteiger partial charge < -0.3 is 4.57 Å². The minimum atomic E-state index is -0.342. The van der Waals surface area contributed by atoms with Crippen LogP contribution in [0.1, 0.15) is 21.7 Å². The number of aromatic nitrogens is 4. The van der Waals surface area contributed by atoms with Crippen molar-refractivity contribution in [1.82, 2.24) is 19.7 Å². The Morgan fingerprint density at radius 2 is 1.95 bits per heavy atom. The van der Waals surface area contributed by atoms with Crippen molar-refractivity contribution in [2.45, 2.75) is 13.8 Å². The lowest BCUT2D eigenvalue weighted by Gasteiger charge is -2.12. The molecule has 0 saturated heterocycles. The van der Waals surface area contributed by atoms with Gasteiger partial charge in [0.1, 0.15) is 6.33 Å². The van der Waals surface area contributed by atoms with E-state index in [4.69, 9.17) is 11.6 Å². The number of H-pyrrole nitrogens is 1. The van der Waals surface area contributed by atoms with Gasteiger partial charge in [0.25, 0.3) is 5.91 Å². The smallest absolute Gasteiger partial charge is 0.259 e. The van der Waals surface area contributed by atoms with Crippen LogP contribution in [-0.4, -0.2) is 25.7 Å². The van der Waals surface area contributed by atoms with E-state index in [2.05, 4.69) is 25.1 Å². The summed E-state index contributed by atoms with van der Waals surface area (Å²) in [7, 11) is 0. The summed E-state index contributed by atoms with van der Waals surface area (Å²) in [6.07, 6.45) is 1.32. The van der Waals surface area contributed by atoms with E-state index in [1.54, 1.807) is 12.1 Å². The largest absolute Gasteiger partial charge is 0.318 e. The maximum atomic E-state index is 12.3. The topological polar surface area (TPSA) is 75.6 Å². The van der Waals surface area contributed by atoms with Gasteiger partial charge >= 0.3 is 0 Å². The molecule has 0 spiro atoms. The van der Waals surface area contributed by atoms with Crippen molar-refractivity contribution in [3.8, 4) is 5.69 Å². The van der Waals surface area contributed by atoms with Gasteiger partial charge in [0, 0.05) is 17.1 Å². The summed E-state index contributed by atoms with van der Waals surface area (Å²) in [6.45, 7) is 4.02. The predicted octanol–water partition coefficient (Wildman–Crippen LogP) is 3.12. The molecule has 112 valence electrons. The van der Waals surface area contributed by atoms with Crippen LogP contribution in [0.4, 0.5) is 5.95 Å². The van der Waals surface area contributed by atoms with Crippen molar-refractivity contribution >= 4 is 23.5 Å². The molecule has 2 aromatic heterocycles. The molecule has 0 aliphatic rings. The first-order chi connectivity index (χ1) is 10.6. The van der Waals surface area contributed by atoms with E-state index in [0.717, 1.165) is 17.1 Å². The molecule has 0 aliphatic carbocycles. The van der Waals surface area contributed by atoms with Crippen molar-refractivity contribution in [3.05, 3.63) is 58.6 Å². The summed E-state index contributed by atoms with van der Waals surface area (Å²) in [5, 5.41) is 9.26. The van der Waals surface area contributed by atoms with Crippen LogP contribution in [0.3, 0.4) is 0 Å². The summed E-state index contributed by atoms with van der Waals surface area (Å²) in [4.78, 5) is 16.2. The van der Waals surface area contributed by atoms with Crippen LogP contribution in [0.2, 0.25) is 5.02 Å². The van der Waals surface area contributed by atoms with Gasteiger partial charge in [-0.15, -0.1) is 0 Å². The molecule has 22 heavy (non-hydrogen) atoms. The molecule has 0 atom stereocenters. The molecule has 7 heteroatoms. The molecule has 0 saturated carbocycles. The van der Waals surface area contributed by atoms with Crippen LogP contribution in [0, 0.1) is 13.8 Å². The maximum Gasteiger partial charge on any atom is 0.259 e. The lowest BCUT2D eigenvalue weighted by molar-refractivity contribution is 0.102. The molecule has 1 aromatic carbocycles. The fourth-order valence-corrected chi connectivity index (χ4v) is 2.55. The van der Waals surface area contributed by atoms with Crippen molar-refractivity contribution in [1.29, 1.82) is 0 Å². The quantitative estimate of drug-likeness (QED) is 0.779. The van der Waals surface area contributed by atoms with Crippen LogP contribution in [-0.2, 0) is 0 Å². The number of benzene rings is 1.